The van der Waals surface area contributed by atoms with Gasteiger partial charge in [0.05, 0.1) is 23.3 Å². The van der Waals surface area contributed by atoms with Gasteiger partial charge in [-0.1, -0.05) is 173 Å². The molecule has 0 atom stereocenters. The van der Waals surface area contributed by atoms with Crippen molar-refractivity contribution in [1.29, 1.82) is 0 Å². The number of halogens is 2. The Labute approximate surface area is 387 Å². The van der Waals surface area contributed by atoms with E-state index in [9.17, 15) is 0 Å². The lowest BCUT2D eigenvalue weighted by Gasteiger charge is -2.15. The number of rotatable bonds is 20. The summed E-state index contributed by atoms with van der Waals surface area (Å²) in [6.07, 6.45) is 12.0. The summed E-state index contributed by atoms with van der Waals surface area (Å²) in [6.45, 7) is 6.58. The van der Waals surface area contributed by atoms with Crippen molar-refractivity contribution in [1.82, 2.24) is 0 Å². The first kappa shape index (κ1) is 43.6. The van der Waals surface area contributed by atoms with Crippen LogP contribution in [0.25, 0.3) is 64.6 Å². The van der Waals surface area contributed by atoms with Gasteiger partial charge in [0.2, 0.25) is 0 Å². The van der Waals surface area contributed by atoms with Crippen molar-refractivity contribution in [3.05, 3.63) is 155 Å². The summed E-state index contributed by atoms with van der Waals surface area (Å²) >= 11 is 14.1. The van der Waals surface area contributed by atoms with E-state index < -0.39 is 0 Å². The van der Waals surface area contributed by atoms with E-state index in [0.717, 1.165) is 101 Å². The number of hydrogen-bond donors (Lipinski definition) is 0. The van der Waals surface area contributed by atoms with Crippen molar-refractivity contribution >= 4 is 87.8 Å². The van der Waals surface area contributed by atoms with Crippen LogP contribution in [0.3, 0.4) is 0 Å². The SMILES string of the molecule is CCCCCCCOc1ccc2ccc(COc3ccc4ccc5ccc6ccc7ccc(OCc8ccc9ccc(OCCCCCCC)cc9c8Cl)cc7c6c5c4c3)c(Cl)c2c1. The Hall–Kier alpha value is -5.68. The van der Waals surface area contributed by atoms with E-state index in [2.05, 4.69) is 123 Å². The number of unbranched alkanes of at least 4 members (excludes halogenated alkanes) is 8. The zero-order valence-corrected chi connectivity index (χ0v) is 38.5. The van der Waals surface area contributed by atoms with Gasteiger partial charge in [0, 0.05) is 21.9 Å². The summed E-state index contributed by atoms with van der Waals surface area (Å²) in [5, 5.41) is 14.7. The lowest BCUT2D eigenvalue weighted by atomic mass is 9.93. The van der Waals surface area contributed by atoms with Crippen LogP contribution < -0.4 is 18.9 Å². The van der Waals surface area contributed by atoms with Gasteiger partial charge in [-0.3, -0.25) is 0 Å². The van der Waals surface area contributed by atoms with Gasteiger partial charge in [0.15, 0.2) is 0 Å². The third kappa shape index (κ3) is 9.70. The first-order chi connectivity index (χ1) is 31.5. The molecule has 326 valence electrons. The van der Waals surface area contributed by atoms with Gasteiger partial charge < -0.3 is 18.9 Å². The van der Waals surface area contributed by atoms with Crippen molar-refractivity contribution in [2.75, 3.05) is 13.2 Å². The quantitative estimate of drug-likeness (QED) is 0.0564. The molecular formula is C58H56Cl2O4. The molecule has 0 heterocycles. The monoisotopic (exact) mass is 886 g/mol. The smallest absolute Gasteiger partial charge is 0.120 e. The molecule has 0 spiro atoms. The van der Waals surface area contributed by atoms with Crippen molar-refractivity contribution in [3.8, 4) is 23.0 Å². The Bertz CT molecular complexity index is 2870. The van der Waals surface area contributed by atoms with Gasteiger partial charge in [0.1, 0.15) is 36.2 Å². The number of fused-ring (bicyclic) bond motifs is 9. The minimum atomic E-state index is 0.341. The molecule has 0 aliphatic rings. The highest BCUT2D eigenvalue weighted by molar-refractivity contribution is 6.37. The van der Waals surface area contributed by atoms with Crippen LogP contribution in [-0.2, 0) is 13.2 Å². The van der Waals surface area contributed by atoms with Crippen LogP contribution in [0.5, 0.6) is 23.0 Å². The molecule has 9 aromatic carbocycles. The van der Waals surface area contributed by atoms with E-state index >= 15 is 0 Å². The Morgan fingerprint density at radius 3 is 1.05 bits per heavy atom. The van der Waals surface area contributed by atoms with E-state index in [0.29, 0.717) is 36.5 Å². The summed E-state index contributed by atoms with van der Waals surface area (Å²) in [4.78, 5) is 0. The Morgan fingerprint density at radius 1 is 0.328 bits per heavy atom. The summed E-state index contributed by atoms with van der Waals surface area (Å²) in [7, 11) is 0. The highest BCUT2D eigenvalue weighted by atomic mass is 35.5. The molecule has 0 aromatic heterocycles. The van der Waals surface area contributed by atoms with E-state index in [1.165, 1.54) is 62.1 Å². The molecule has 0 bridgehead atoms. The van der Waals surface area contributed by atoms with Crippen LogP contribution >= 0.6 is 23.2 Å². The average Bonchev–Trinajstić information content (AvgIpc) is 3.33. The molecule has 4 nitrogen and oxygen atoms in total. The lowest BCUT2D eigenvalue weighted by Crippen LogP contribution is -1.99. The van der Waals surface area contributed by atoms with Crippen molar-refractivity contribution in [2.24, 2.45) is 0 Å². The highest BCUT2D eigenvalue weighted by Gasteiger charge is 2.14. The first-order valence-corrected chi connectivity index (χ1v) is 24.0. The summed E-state index contributed by atoms with van der Waals surface area (Å²) in [5.41, 5.74) is 1.86. The van der Waals surface area contributed by atoms with Gasteiger partial charge in [-0.25, -0.2) is 0 Å². The molecule has 0 radical (unpaired) electrons. The van der Waals surface area contributed by atoms with Gasteiger partial charge in [-0.2, -0.15) is 0 Å². The zero-order valence-electron chi connectivity index (χ0n) is 37.0. The molecule has 0 unspecified atom stereocenters. The molecule has 6 heteroatoms. The maximum absolute atomic E-state index is 7.07. The van der Waals surface area contributed by atoms with Crippen LogP contribution in [0.4, 0.5) is 0 Å². The molecule has 0 aliphatic carbocycles. The fourth-order valence-electron chi connectivity index (χ4n) is 8.96. The summed E-state index contributed by atoms with van der Waals surface area (Å²) in [5.74, 6) is 3.26. The fraction of sp³-hybridized carbons (Fsp3) is 0.276. The number of hydrogen-bond acceptors (Lipinski definition) is 4. The van der Waals surface area contributed by atoms with Crippen molar-refractivity contribution in [2.45, 2.75) is 91.3 Å². The van der Waals surface area contributed by atoms with Crippen LogP contribution in [0.1, 0.15) is 89.2 Å². The van der Waals surface area contributed by atoms with Gasteiger partial charge in [-0.05, 0) is 115 Å². The Morgan fingerprint density at radius 2 is 0.641 bits per heavy atom. The van der Waals surface area contributed by atoms with E-state index in [1.807, 2.05) is 24.3 Å². The minimum Gasteiger partial charge on any atom is -0.494 e. The molecule has 0 N–H and O–H groups in total. The fourth-order valence-corrected chi connectivity index (χ4v) is 9.52. The third-order valence-corrected chi connectivity index (χ3v) is 13.5. The maximum atomic E-state index is 7.07. The van der Waals surface area contributed by atoms with Crippen molar-refractivity contribution < 1.29 is 18.9 Å². The molecule has 0 saturated carbocycles. The predicted octanol–water partition coefficient (Wildman–Crippen LogP) is 17.8. The summed E-state index contributed by atoms with van der Waals surface area (Å²) < 4.78 is 25.3. The number of benzene rings is 9. The largest absolute Gasteiger partial charge is 0.494 e. The standard InChI is InChI=1S/C58H56Cl2O4/c1-3-5-7-9-11-31-61-47-27-25-41-15-21-45(57(59)53(41)35-47)37-63-49-29-23-39-13-17-43-19-20-44-18-14-40-24-30-50(34-52(40)56(44)55(43)51(39)33-49)64-38-46-22-16-42-26-28-48(36-54(42)58(46)60)62-32-12-10-8-6-4-2/h13-30,33-36H,3-12,31-32,37-38H2,1-2H3. The van der Waals surface area contributed by atoms with Crippen LogP contribution in [0.15, 0.2) is 133 Å². The van der Waals surface area contributed by atoms with E-state index in [1.54, 1.807) is 0 Å². The maximum Gasteiger partial charge on any atom is 0.120 e. The first-order valence-electron chi connectivity index (χ1n) is 23.2. The highest BCUT2D eigenvalue weighted by Crippen LogP contribution is 2.40. The molecule has 64 heavy (non-hydrogen) atoms. The molecule has 0 aliphatic heterocycles. The predicted molar refractivity (Wildman–Crippen MR) is 272 cm³/mol. The topological polar surface area (TPSA) is 36.9 Å². The second kappa shape index (κ2) is 20.4. The van der Waals surface area contributed by atoms with Gasteiger partial charge in [0.25, 0.3) is 0 Å². The Kier molecular flexibility index (Phi) is 13.9. The normalized spacial score (nSPS) is 11.7. The lowest BCUT2D eigenvalue weighted by molar-refractivity contribution is 0.304. The second-order valence-corrected chi connectivity index (χ2v) is 17.9. The van der Waals surface area contributed by atoms with Crippen LogP contribution in [-0.4, -0.2) is 13.2 Å². The van der Waals surface area contributed by atoms with Crippen molar-refractivity contribution in [3.63, 3.8) is 0 Å². The Balaban J connectivity index is 0.963. The van der Waals surface area contributed by atoms with Gasteiger partial charge >= 0.3 is 0 Å². The van der Waals surface area contributed by atoms with Crippen LogP contribution in [0, 0.1) is 0 Å². The van der Waals surface area contributed by atoms with Crippen LogP contribution in [0.2, 0.25) is 10.0 Å². The minimum absolute atomic E-state index is 0.341. The molecule has 9 aromatic rings. The molecule has 0 saturated heterocycles. The molecule has 0 amide bonds. The molecule has 9 rings (SSSR count). The van der Waals surface area contributed by atoms with E-state index in [4.69, 9.17) is 42.1 Å². The third-order valence-electron chi connectivity index (χ3n) is 12.6. The zero-order chi connectivity index (χ0) is 43.8. The number of ether oxygens (including phenoxy) is 4. The van der Waals surface area contributed by atoms with Gasteiger partial charge in [-0.15, -0.1) is 0 Å². The van der Waals surface area contributed by atoms with E-state index in [-0.39, 0.29) is 0 Å². The average molecular weight is 888 g/mol. The molecule has 0 fully saturated rings. The molecular weight excluding hydrogens is 832 g/mol. The summed E-state index contributed by atoms with van der Waals surface area (Å²) in [6, 6.07) is 46.6. The second-order valence-electron chi connectivity index (χ2n) is 17.1.